The first kappa shape index (κ1) is 10.4. The van der Waals surface area contributed by atoms with E-state index in [1.165, 1.54) is 6.08 Å². The van der Waals surface area contributed by atoms with Gasteiger partial charge < -0.3 is 4.74 Å². The van der Waals surface area contributed by atoms with E-state index in [-0.39, 0.29) is 11.1 Å². The lowest BCUT2D eigenvalue weighted by molar-refractivity contribution is -0.137. The van der Waals surface area contributed by atoms with Gasteiger partial charge in [-0.05, 0) is 13.0 Å². The van der Waals surface area contributed by atoms with Crippen molar-refractivity contribution in [3.8, 4) is 0 Å². The Balaban J connectivity index is 3.73. The van der Waals surface area contributed by atoms with Crippen LogP contribution in [-0.2, 0) is 14.3 Å². The molecule has 0 aromatic heterocycles. The molecule has 0 aromatic rings. The van der Waals surface area contributed by atoms with Gasteiger partial charge >= 0.3 is 5.97 Å². The van der Waals surface area contributed by atoms with E-state index >= 15 is 0 Å². The van der Waals surface area contributed by atoms with Gasteiger partial charge in [0.15, 0.2) is 5.78 Å². The SMILES string of the molecule is CCOC(=O)/C=C/C(=O)CBr. The quantitative estimate of drug-likeness (QED) is 0.405. The van der Waals surface area contributed by atoms with Crippen molar-refractivity contribution in [2.45, 2.75) is 6.92 Å². The summed E-state index contributed by atoms with van der Waals surface area (Å²) in [6.45, 7) is 2.03. The molecule has 0 saturated carbocycles. The van der Waals surface area contributed by atoms with Gasteiger partial charge in [-0.2, -0.15) is 0 Å². The summed E-state index contributed by atoms with van der Waals surface area (Å²) in [7, 11) is 0. The van der Waals surface area contributed by atoms with Gasteiger partial charge in [0, 0.05) is 6.08 Å². The Kier molecular flexibility index (Phi) is 5.74. The van der Waals surface area contributed by atoms with Crippen molar-refractivity contribution >= 4 is 27.7 Å². The Bertz CT molecular complexity index is 175. The molecular formula is C7H9BrO3. The van der Waals surface area contributed by atoms with Crippen LogP contribution in [0.1, 0.15) is 6.92 Å². The standard InChI is InChI=1S/C7H9BrO3/c1-2-11-7(10)4-3-6(9)5-8/h3-4H,2,5H2,1H3/b4-3+. The second kappa shape index (κ2) is 6.09. The summed E-state index contributed by atoms with van der Waals surface area (Å²) in [6.07, 6.45) is 2.31. The summed E-state index contributed by atoms with van der Waals surface area (Å²) in [5.41, 5.74) is 0. The predicted molar refractivity (Wildman–Crippen MR) is 44.6 cm³/mol. The molecule has 0 bridgehead atoms. The summed E-state index contributed by atoms with van der Waals surface area (Å²) >= 11 is 2.95. The number of halogens is 1. The highest BCUT2D eigenvalue weighted by Crippen LogP contribution is 1.86. The molecular weight excluding hydrogens is 212 g/mol. The van der Waals surface area contributed by atoms with Crippen LogP contribution in [0.3, 0.4) is 0 Å². The first-order valence-corrected chi connectivity index (χ1v) is 4.26. The number of alkyl halides is 1. The van der Waals surface area contributed by atoms with Crippen molar-refractivity contribution < 1.29 is 14.3 Å². The topological polar surface area (TPSA) is 43.4 Å². The molecule has 0 aliphatic heterocycles. The second-order valence-electron chi connectivity index (χ2n) is 1.69. The molecule has 0 N–H and O–H groups in total. The fraction of sp³-hybridized carbons (Fsp3) is 0.429. The Labute approximate surface area is 73.5 Å². The van der Waals surface area contributed by atoms with Gasteiger partial charge in [0.05, 0.1) is 11.9 Å². The lowest BCUT2D eigenvalue weighted by atomic mass is 10.4. The van der Waals surface area contributed by atoms with E-state index in [1.807, 2.05) is 0 Å². The molecule has 0 rings (SSSR count). The molecule has 0 fully saturated rings. The highest BCUT2D eigenvalue weighted by atomic mass is 79.9. The van der Waals surface area contributed by atoms with Gasteiger partial charge in [0.25, 0.3) is 0 Å². The van der Waals surface area contributed by atoms with E-state index in [1.54, 1.807) is 6.92 Å². The highest BCUT2D eigenvalue weighted by molar-refractivity contribution is 9.09. The van der Waals surface area contributed by atoms with E-state index in [9.17, 15) is 9.59 Å². The van der Waals surface area contributed by atoms with Gasteiger partial charge in [-0.25, -0.2) is 4.79 Å². The van der Waals surface area contributed by atoms with Gasteiger partial charge in [-0.1, -0.05) is 15.9 Å². The zero-order valence-electron chi connectivity index (χ0n) is 6.17. The zero-order chi connectivity index (χ0) is 8.69. The normalized spacial score (nSPS) is 10.0. The third-order valence-corrected chi connectivity index (χ3v) is 1.38. The molecule has 0 saturated heterocycles. The van der Waals surface area contributed by atoms with Crippen molar-refractivity contribution in [1.29, 1.82) is 0 Å². The minimum absolute atomic E-state index is 0.155. The van der Waals surface area contributed by atoms with Crippen molar-refractivity contribution in [2.75, 3.05) is 11.9 Å². The van der Waals surface area contributed by atoms with Crippen LogP contribution < -0.4 is 0 Å². The first-order chi connectivity index (χ1) is 5.20. The van der Waals surface area contributed by atoms with Crippen molar-refractivity contribution in [2.24, 2.45) is 0 Å². The van der Waals surface area contributed by atoms with Crippen LogP contribution in [-0.4, -0.2) is 23.7 Å². The summed E-state index contributed by atoms with van der Waals surface area (Å²) in [5, 5.41) is 0.225. The number of hydrogen-bond donors (Lipinski definition) is 0. The maximum Gasteiger partial charge on any atom is 0.330 e. The molecule has 0 unspecified atom stereocenters. The number of allylic oxidation sites excluding steroid dienone is 1. The first-order valence-electron chi connectivity index (χ1n) is 3.14. The largest absolute Gasteiger partial charge is 0.463 e. The summed E-state index contributed by atoms with van der Waals surface area (Å²) in [5.74, 6) is -0.639. The number of carbonyl (C=O) groups excluding carboxylic acids is 2. The lowest BCUT2D eigenvalue weighted by Crippen LogP contribution is -2.01. The number of ketones is 1. The molecule has 0 amide bonds. The van der Waals surface area contributed by atoms with Crippen LogP contribution in [0.2, 0.25) is 0 Å². The molecule has 62 valence electrons. The monoisotopic (exact) mass is 220 g/mol. The van der Waals surface area contributed by atoms with Crippen LogP contribution in [0.25, 0.3) is 0 Å². The molecule has 11 heavy (non-hydrogen) atoms. The highest BCUT2D eigenvalue weighted by Gasteiger charge is 1.95. The van der Waals surface area contributed by atoms with Crippen LogP contribution >= 0.6 is 15.9 Å². The Morgan fingerprint density at radius 3 is 2.55 bits per heavy atom. The Hall–Kier alpha value is -0.640. The second-order valence-corrected chi connectivity index (χ2v) is 2.25. The van der Waals surface area contributed by atoms with Gasteiger partial charge in [-0.3, -0.25) is 4.79 Å². The maximum atomic E-state index is 10.6. The van der Waals surface area contributed by atoms with Gasteiger partial charge in [0.2, 0.25) is 0 Å². The van der Waals surface area contributed by atoms with E-state index in [0.717, 1.165) is 6.08 Å². The van der Waals surface area contributed by atoms with Crippen LogP contribution in [0.15, 0.2) is 12.2 Å². The average Bonchev–Trinajstić information content (AvgIpc) is 2.01. The summed E-state index contributed by atoms with van der Waals surface area (Å²) in [6, 6.07) is 0. The molecule has 3 nitrogen and oxygen atoms in total. The zero-order valence-corrected chi connectivity index (χ0v) is 7.76. The number of hydrogen-bond acceptors (Lipinski definition) is 3. The molecule has 0 aliphatic carbocycles. The number of carbonyl (C=O) groups is 2. The lowest BCUT2D eigenvalue weighted by Gasteiger charge is -1.92. The van der Waals surface area contributed by atoms with Crippen molar-refractivity contribution in [1.82, 2.24) is 0 Å². The Morgan fingerprint density at radius 1 is 1.45 bits per heavy atom. The number of rotatable bonds is 4. The fourth-order valence-electron chi connectivity index (χ4n) is 0.396. The molecule has 0 aromatic carbocycles. The molecule has 0 aliphatic rings. The summed E-state index contributed by atoms with van der Waals surface area (Å²) in [4.78, 5) is 21.2. The molecule has 0 heterocycles. The maximum absolute atomic E-state index is 10.6. The van der Waals surface area contributed by atoms with Crippen LogP contribution in [0.4, 0.5) is 0 Å². The minimum atomic E-state index is -0.484. The third kappa shape index (κ3) is 5.79. The van der Waals surface area contributed by atoms with E-state index in [4.69, 9.17) is 0 Å². The van der Waals surface area contributed by atoms with E-state index in [2.05, 4.69) is 20.7 Å². The summed E-state index contributed by atoms with van der Waals surface area (Å²) < 4.78 is 4.54. The number of ether oxygens (including phenoxy) is 1. The Morgan fingerprint density at radius 2 is 2.09 bits per heavy atom. The number of esters is 1. The van der Waals surface area contributed by atoms with Crippen molar-refractivity contribution in [3.05, 3.63) is 12.2 Å². The molecule has 0 radical (unpaired) electrons. The predicted octanol–water partition coefficient (Wildman–Crippen LogP) is 1.07. The van der Waals surface area contributed by atoms with E-state index in [0.29, 0.717) is 6.61 Å². The van der Waals surface area contributed by atoms with E-state index < -0.39 is 5.97 Å². The van der Waals surface area contributed by atoms with Gasteiger partial charge in [0.1, 0.15) is 0 Å². The third-order valence-electron chi connectivity index (χ3n) is 0.824. The fourth-order valence-corrected chi connectivity index (χ4v) is 0.583. The van der Waals surface area contributed by atoms with Crippen molar-refractivity contribution in [3.63, 3.8) is 0 Å². The smallest absolute Gasteiger partial charge is 0.330 e. The molecule has 0 spiro atoms. The van der Waals surface area contributed by atoms with Gasteiger partial charge in [-0.15, -0.1) is 0 Å². The van der Waals surface area contributed by atoms with Crippen LogP contribution in [0, 0.1) is 0 Å². The molecule has 0 atom stereocenters. The van der Waals surface area contributed by atoms with Crippen LogP contribution in [0.5, 0.6) is 0 Å². The average molecular weight is 221 g/mol. The minimum Gasteiger partial charge on any atom is -0.463 e. The molecule has 4 heteroatoms.